The standard InChI is InChI=1S/C16H24N2O2S/c1-5-12(2)14-6-7-15-16(10-14)18(11-17-15)13(3)8-9-21(4,19)20/h6-7,10-13H,5,8-9H2,1-4H3. The van der Waals surface area contributed by atoms with Gasteiger partial charge in [0.25, 0.3) is 0 Å². The van der Waals surface area contributed by atoms with Gasteiger partial charge in [0.15, 0.2) is 0 Å². The van der Waals surface area contributed by atoms with Crippen LogP contribution in [0.2, 0.25) is 0 Å². The molecule has 2 aromatic rings. The van der Waals surface area contributed by atoms with E-state index in [4.69, 9.17) is 0 Å². The molecule has 0 N–H and O–H groups in total. The third-order valence-corrected chi connectivity index (χ3v) is 5.14. The van der Waals surface area contributed by atoms with Crippen molar-refractivity contribution in [2.75, 3.05) is 12.0 Å². The predicted molar refractivity (Wildman–Crippen MR) is 87.5 cm³/mol. The summed E-state index contributed by atoms with van der Waals surface area (Å²) in [5.41, 5.74) is 3.36. The van der Waals surface area contributed by atoms with Crippen LogP contribution in [0.1, 0.15) is 51.1 Å². The third-order valence-electron chi connectivity index (χ3n) is 4.16. The van der Waals surface area contributed by atoms with Gasteiger partial charge < -0.3 is 4.57 Å². The van der Waals surface area contributed by atoms with Gasteiger partial charge in [0.1, 0.15) is 9.84 Å². The smallest absolute Gasteiger partial charge is 0.147 e. The highest BCUT2D eigenvalue weighted by Crippen LogP contribution is 2.25. The molecule has 4 nitrogen and oxygen atoms in total. The molecule has 1 aromatic heterocycles. The Bertz CT molecular complexity index is 719. The van der Waals surface area contributed by atoms with Crippen molar-refractivity contribution in [1.29, 1.82) is 0 Å². The average molecular weight is 308 g/mol. The van der Waals surface area contributed by atoms with Crippen molar-refractivity contribution in [3.05, 3.63) is 30.1 Å². The highest BCUT2D eigenvalue weighted by atomic mass is 32.2. The van der Waals surface area contributed by atoms with E-state index < -0.39 is 9.84 Å². The van der Waals surface area contributed by atoms with Crippen molar-refractivity contribution in [2.24, 2.45) is 0 Å². The number of sulfone groups is 1. The van der Waals surface area contributed by atoms with Crippen LogP contribution in [0.5, 0.6) is 0 Å². The molecule has 0 spiro atoms. The molecular weight excluding hydrogens is 284 g/mol. The molecule has 0 bridgehead atoms. The number of nitrogens with zero attached hydrogens (tertiary/aromatic N) is 2. The summed E-state index contributed by atoms with van der Waals surface area (Å²) >= 11 is 0. The minimum Gasteiger partial charge on any atom is -0.328 e. The molecule has 21 heavy (non-hydrogen) atoms. The molecule has 0 amide bonds. The van der Waals surface area contributed by atoms with E-state index in [-0.39, 0.29) is 11.8 Å². The van der Waals surface area contributed by atoms with E-state index in [0.29, 0.717) is 12.3 Å². The second kappa shape index (κ2) is 6.18. The summed E-state index contributed by atoms with van der Waals surface area (Å²) < 4.78 is 24.7. The zero-order valence-electron chi connectivity index (χ0n) is 13.2. The predicted octanol–water partition coefficient (Wildman–Crippen LogP) is 3.55. The van der Waals surface area contributed by atoms with Crippen molar-refractivity contribution >= 4 is 20.9 Å². The maximum atomic E-state index is 11.3. The summed E-state index contributed by atoms with van der Waals surface area (Å²) in [4.78, 5) is 4.42. The molecule has 1 aromatic carbocycles. The molecular formula is C16H24N2O2S. The first-order valence-electron chi connectivity index (χ1n) is 7.46. The van der Waals surface area contributed by atoms with Gasteiger partial charge in [-0.05, 0) is 43.4 Å². The van der Waals surface area contributed by atoms with Gasteiger partial charge >= 0.3 is 0 Å². The van der Waals surface area contributed by atoms with E-state index >= 15 is 0 Å². The number of fused-ring (bicyclic) bond motifs is 1. The van der Waals surface area contributed by atoms with Gasteiger partial charge in [0, 0.05) is 12.3 Å². The Morgan fingerprint density at radius 1 is 1.29 bits per heavy atom. The number of hydrogen-bond donors (Lipinski definition) is 0. The Kier molecular flexibility index (Phi) is 4.71. The fourth-order valence-electron chi connectivity index (χ4n) is 2.46. The first kappa shape index (κ1) is 16.0. The molecule has 5 heteroatoms. The van der Waals surface area contributed by atoms with Crippen LogP contribution in [0.15, 0.2) is 24.5 Å². The SMILES string of the molecule is CCC(C)c1ccc2ncn(C(C)CCS(C)(=O)=O)c2c1. The average Bonchev–Trinajstić information content (AvgIpc) is 2.86. The van der Waals surface area contributed by atoms with Gasteiger partial charge in [-0.25, -0.2) is 13.4 Å². The fraction of sp³-hybridized carbons (Fsp3) is 0.562. The lowest BCUT2D eigenvalue weighted by Gasteiger charge is -2.15. The van der Waals surface area contributed by atoms with E-state index in [0.717, 1.165) is 17.5 Å². The summed E-state index contributed by atoms with van der Waals surface area (Å²) in [5, 5.41) is 0. The maximum absolute atomic E-state index is 11.3. The van der Waals surface area contributed by atoms with E-state index in [2.05, 4.69) is 41.6 Å². The largest absolute Gasteiger partial charge is 0.328 e. The normalized spacial score (nSPS) is 15.2. The first-order valence-corrected chi connectivity index (χ1v) is 9.52. The monoisotopic (exact) mass is 308 g/mol. The van der Waals surface area contributed by atoms with Crippen LogP contribution in [0.25, 0.3) is 11.0 Å². The second-order valence-corrected chi connectivity index (χ2v) is 8.24. The van der Waals surface area contributed by atoms with Gasteiger partial charge in [0.05, 0.1) is 23.1 Å². The highest BCUT2D eigenvalue weighted by Gasteiger charge is 2.13. The van der Waals surface area contributed by atoms with Gasteiger partial charge in [-0.1, -0.05) is 19.9 Å². The number of imidazole rings is 1. The Morgan fingerprint density at radius 2 is 2.00 bits per heavy atom. The molecule has 0 saturated carbocycles. The molecule has 0 fully saturated rings. The van der Waals surface area contributed by atoms with Crippen LogP contribution in [-0.2, 0) is 9.84 Å². The van der Waals surface area contributed by atoms with Crippen molar-refractivity contribution in [3.8, 4) is 0 Å². The lowest BCUT2D eigenvalue weighted by atomic mass is 9.98. The summed E-state index contributed by atoms with van der Waals surface area (Å²) in [6, 6.07) is 6.50. The van der Waals surface area contributed by atoms with Crippen molar-refractivity contribution in [2.45, 2.75) is 45.6 Å². The molecule has 1 heterocycles. The molecule has 2 unspecified atom stereocenters. The highest BCUT2D eigenvalue weighted by molar-refractivity contribution is 7.90. The van der Waals surface area contributed by atoms with Crippen molar-refractivity contribution < 1.29 is 8.42 Å². The first-order chi connectivity index (χ1) is 9.81. The molecule has 0 radical (unpaired) electrons. The van der Waals surface area contributed by atoms with Crippen LogP contribution in [0.3, 0.4) is 0 Å². The van der Waals surface area contributed by atoms with Crippen LogP contribution < -0.4 is 0 Å². The second-order valence-electron chi connectivity index (χ2n) is 5.98. The molecule has 2 atom stereocenters. The summed E-state index contributed by atoms with van der Waals surface area (Å²) in [7, 11) is -2.92. The lowest BCUT2D eigenvalue weighted by Crippen LogP contribution is -2.11. The Hall–Kier alpha value is -1.36. The number of aromatic nitrogens is 2. The summed E-state index contributed by atoms with van der Waals surface area (Å²) in [5.74, 6) is 0.725. The molecule has 2 rings (SSSR count). The summed E-state index contributed by atoms with van der Waals surface area (Å²) in [6.07, 6.45) is 4.81. The van der Waals surface area contributed by atoms with Gasteiger partial charge in [-0.3, -0.25) is 0 Å². The Balaban J connectivity index is 2.31. The Labute approximate surface area is 127 Å². The number of rotatable bonds is 6. The Morgan fingerprint density at radius 3 is 2.62 bits per heavy atom. The third kappa shape index (κ3) is 3.84. The van der Waals surface area contributed by atoms with Crippen LogP contribution >= 0.6 is 0 Å². The quantitative estimate of drug-likeness (QED) is 0.820. The molecule has 0 aliphatic carbocycles. The topological polar surface area (TPSA) is 52.0 Å². The van der Waals surface area contributed by atoms with E-state index in [9.17, 15) is 8.42 Å². The van der Waals surface area contributed by atoms with E-state index in [1.54, 1.807) is 0 Å². The molecule has 0 saturated heterocycles. The van der Waals surface area contributed by atoms with E-state index in [1.165, 1.54) is 11.8 Å². The van der Waals surface area contributed by atoms with E-state index in [1.807, 2.05) is 13.3 Å². The van der Waals surface area contributed by atoms with Crippen LogP contribution in [-0.4, -0.2) is 30.0 Å². The molecule has 0 aliphatic heterocycles. The van der Waals surface area contributed by atoms with Gasteiger partial charge in [-0.15, -0.1) is 0 Å². The maximum Gasteiger partial charge on any atom is 0.147 e. The zero-order chi connectivity index (χ0) is 15.6. The van der Waals surface area contributed by atoms with Crippen molar-refractivity contribution in [3.63, 3.8) is 0 Å². The lowest BCUT2D eigenvalue weighted by molar-refractivity contribution is 0.534. The minimum atomic E-state index is -2.92. The fourth-order valence-corrected chi connectivity index (χ4v) is 3.23. The van der Waals surface area contributed by atoms with Gasteiger partial charge in [-0.2, -0.15) is 0 Å². The van der Waals surface area contributed by atoms with Crippen LogP contribution in [0, 0.1) is 0 Å². The zero-order valence-corrected chi connectivity index (χ0v) is 14.0. The molecule has 116 valence electrons. The number of hydrogen-bond acceptors (Lipinski definition) is 3. The minimum absolute atomic E-state index is 0.122. The molecule has 0 aliphatic rings. The van der Waals surface area contributed by atoms with Gasteiger partial charge in [0.2, 0.25) is 0 Å². The van der Waals surface area contributed by atoms with Crippen LogP contribution in [0.4, 0.5) is 0 Å². The number of benzene rings is 1. The summed E-state index contributed by atoms with van der Waals surface area (Å²) in [6.45, 7) is 6.44. The van der Waals surface area contributed by atoms with Crippen molar-refractivity contribution in [1.82, 2.24) is 9.55 Å².